The lowest BCUT2D eigenvalue weighted by Crippen LogP contribution is -1.97. The number of rotatable bonds is 4. The second-order valence-electron chi connectivity index (χ2n) is 2.20. The van der Waals surface area contributed by atoms with E-state index in [4.69, 9.17) is 10.2 Å². The average Bonchev–Trinajstić information content (AvgIpc) is 2.06. The van der Waals surface area contributed by atoms with Crippen LogP contribution in [0.4, 0.5) is 0 Å². The van der Waals surface area contributed by atoms with E-state index in [9.17, 15) is 9.59 Å². The van der Waals surface area contributed by atoms with Crippen LogP contribution in [0.5, 0.6) is 0 Å². The fourth-order valence-corrected chi connectivity index (χ4v) is 0.409. The molecule has 0 aliphatic rings. The highest BCUT2D eigenvalue weighted by Crippen LogP contribution is 1.99. The molecular formula is C9H14O4. The number of carboxylic acid groups (broad SMARTS) is 2. The Hall–Kier alpha value is -1.58. The molecule has 13 heavy (non-hydrogen) atoms. The zero-order valence-electron chi connectivity index (χ0n) is 7.62. The van der Waals surface area contributed by atoms with Crippen molar-refractivity contribution in [1.29, 1.82) is 0 Å². The van der Waals surface area contributed by atoms with Gasteiger partial charge in [0.25, 0.3) is 0 Å². The van der Waals surface area contributed by atoms with E-state index in [0.29, 0.717) is 12.0 Å². The third kappa shape index (κ3) is 13.4. The molecule has 0 aromatic rings. The van der Waals surface area contributed by atoms with E-state index in [-0.39, 0.29) is 0 Å². The van der Waals surface area contributed by atoms with E-state index in [1.807, 2.05) is 6.92 Å². The van der Waals surface area contributed by atoms with Crippen LogP contribution in [0.2, 0.25) is 0 Å². The minimum absolute atomic E-state index is 0.299. The molecule has 0 saturated carbocycles. The van der Waals surface area contributed by atoms with Crippen molar-refractivity contribution in [2.75, 3.05) is 0 Å². The maximum absolute atomic E-state index is 9.99. The van der Waals surface area contributed by atoms with Gasteiger partial charge in [-0.2, -0.15) is 0 Å². The Kier molecular flexibility index (Phi) is 9.15. The molecule has 0 aromatic carbocycles. The molecule has 0 aliphatic heterocycles. The second kappa shape index (κ2) is 8.52. The molecule has 0 rings (SSSR count). The molecule has 0 atom stereocenters. The highest BCUT2D eigenvalue weighted by Gasteiger charge is 1.99. The number of carbonyl (C=O) groups is 2. The molecule has 4 nitrogen and oxygen atoms in total. The molecule has 0 unspecified atom stereocenters. The van der Waals surface area contributed by atoms with Crippen LogP contribution in [-0.2, 0) is 9.59 Å². The van der Waals surface area contributed by atoms with Crippen molar-refractivity contribution in [3.8, 4) is 0 Å². The van der Waals surface area contributed by atoms with Crippen molar-refractivity contribution in [1.82, 2.24) is 0 Å². The van der Waals surface area contributed by atoms with Crippen molar-refractivity contribution >= 4 is 11.9 Å². The lowest BCUT2D eigenvalue weighted by atomic mass is 10.2. The van der Waals surface area contributed by atoms with Gasteiger partial charge in [0.15, 0.2) is 0 Å². The molecule has 0 aliphatic carbocycles. The maximum atomic E-state index is 9.99. The van der Waals surface area contributed by atoms with Gasteiger partial charge >= 0.3 is 11.9 Å². The van der Waals surface area contributed by atoms with E-state index in [2.05, 4.69) is 13.2 Å². The monoisotopic (exact) mass is 186 g/mol. The van der Waals surface area contributed by atoms with Gasteiger partial charge in [0, 0.05) is 11.6 Å². The molecule has 0 spiro atoms. The van der Waals surface area contributed by atoms with E-state index in [0.717, 1.165) is 12.5 Å². The lowest BCUT2D eigenvalue weighted by molar-refractivity contribution is -0.133. The molecule has 0 fully saturated rings. The van der Waals surface area contributed by atoms with Crippen molar-refractivity contribution in [2.45, 2.75) is 19.8 Å². The predicted molar refractivity (Wildman–Crippen MR) is 49.5 cm³/mol. The van der Waals surface area contributed by atoms with Gasteiger partial charge in [0.1, 0.15) is 0 Å². The first-order valence-corrected chi connectivity index (χ1v) is 3.72. The highest BCUT2D eigenvalue weighted by molar-refractivity contribution is 5.85. The molecule has 0 amide bonds. The first kappa shape index (κ1) is 14.0. The van der Waals surface area contributed by atoms with Gasteiger partial charge in [0.05, 0.1) is 0 Å². The van der Waals surface area contributed by atoms with Gasteiger partial charge in [0.2, 0.25) is 0 Å². The molecule has 74 valence electrons. The van der Waals surface area contributed by atoms with Crippen LogP contribution in [0.15, 0.2) is 24.8 Å². The predicted octanol–water partition coefficient (Wildman–Crippen LogP) is 1.68. The summed E-state index contributed by atoms with van der Waals surface area (Å²) in [5.74, 6) is -1.86. The standard InChI is InChI=1S/C6H10O2.C3H4O2/c1-3-4-5(2)6(7)8;1-2-3(4)5/h2-4H2,1H3,(H,7,8);2H,1H2,(H,4,5). The first-order chi connectivity index (χ1) is 5.95. The third-order valence-corrected chi connectivity index (χ3v) is 1.03. The Morgan fingerprint density at radius 1 is 1.38 bits per heavy atom. The number of hydrogen-bond donors (Lipinski definition) is 2. The van der Waals surface area contributed by atoms with Crippen LogP contribution in [0.3, 0.4) is 0 Å². The van der Waals surface area contributed by atoms with Crippen molar-refractivity contribution in [3.05, 3.63) is 24.8 Å². The van der Waals surface area contributed by atoms with Gasteiger partial charge < -0.3 is 10.2 Å². The minimum Gasteiger partial charge on any atom is -0.478 e. The average molecular weight is 186 g/mol. The normalized spacial score (nSPS) is 7.77. The maximum Gasteiger partial charge on any atom is 0.330 e. The highest BCUT2D eigenvalue weighted by atomic mass is 16.4. The molecule has 0 saturated heterocycles. The summed E-state index contributed by atoms with van der Waals surface area (Å²) in [6, 6.07) is 0. The summed E-state index contributed by atoms with van der Waals surface area (Å²) in [5.41, 5.74) is 0.299. The molecular weight excluding hydrogens is 172 g/mol. The van der Waals surface area contributed by atoms with E-state index >= 15 is 0 Å². The SMILES string of the molecule is C=C(CCC)C(=O)O.C=CC(=O)O. The zero-order chi connectivity index (χ0) is 10.9. The third-order valence-electron chi connectivity index (χ3n) is 1.03. The van der Waals surface area contributed by atoms with E-state index < -0.39 is 11.9 Å². The largest absolute Gasteiger partial charge is 0.478 e. The topological polar surface area (TPSA) is 74.6 Å². The van der Waals surface area contributed by atoms with E-state index in [1.54, 1.807) is 0 Å². The Balaban J connectivity index is 0. The molecule has 2 N–H and O–H groups in total. The Bertz CT molecular complexity index is 206. The van der Waals surface area contributed by atoms with Crippen molar-refractivity contribution in [3.63, 3.8) is 0 Å². The van der Waals surface area contributed by atoms with Gasteiger partial charge in [-0.05, 0) is 6.42 Å². The number of aliphatic carboxylic acids is 2. The number of carboxylic acids is 2. The molecule has 0 aromatic heterocycles. The van der Waals surface area contributed by atoms with Crippen LogP contribution < -0.4 is 0 Å². The van der Waals surface area contributed by atoms with Gasteiger partial charge in [-0.3, -0.25) is 0 Å². The summed E-state index contributed by atoms with van der Waals surface area (Å²) in [6.45, 7) is 8.23. The second-order valence-corrected chi connectivity index (χ2v) is 2.20. The molecule has 4 heteroatoms. The first-order valence-electron chi connectivity index (χ1n) is 3.72. The van der Waals surface area contributed by atoms with Gasteiger partial charge in [-0.15, -0.1) is 0 Å². The van der Waals surface area contributed by atoms with Crippen molar-refractivity contribution in [2.24, 2.45) is 0 Å². The summed E-state index contributed by atoms with van der Waals surface area (Å²) in [7, 11) is 0. The lowest BCUT2D eigenvalue weighted by Gasteiger charge is -1.92. The van der Waals surface area contributed by atoms with Crippen molar-refractivity contribution < 1.29 is 19.8 Å². The summed E-state index contributed by atoms with van der Waals surface area (Å²) in [5, 5.41) is 15.8. The van der Waals surface area contributed by atoms with Gasteiger partial charge in [-0.1, -0.05) is 26.5 Å². The summed E-state index contributed by atoms with van der Waals surface area (Å²) in [4.78, 5) is 19.2. The van der Waals surface area contributed by atoms with Crippen LogP contribution in [0.25, 0.3) is 0 Å². The fraction of sp³-hybridized carbons (Fsp3) is 0.333. The van der Waals surface area contributed by atoms with Crippen LogP contribution in [0, 0.1) is 0 Å². The minimum atomic E-state index is -0.981. The van der Waals surface area contributed by atoms with E-state index in [1.165, 1.54) is 0 Å². The van der Waals surface area contributed by atoms with Gasteiger partial charge in [-0.25, -0.2) is 9.59 Å². The molecule has 0 heterocycles. The molecule has 0 radical (unpaired) electrons. The Morgan fingerprint density at radius 2 is 1.77 bits per heavy atom. The Labute approximate surface area is 77.2 Å². The van der Waals surface area contributed by atoms with Crippen LogP contribution in [0.1, 0.15) is 19.8 Å². The quantitative estimate of drug-likeness (QED) is 0.655. The van der Waals surface area contributed by atoms with Crippen LogP contribution in [-0.4, -0.2) is 22.2 Å². The molecule has 0 bridgehead atoms. The smallest absolute Gasteiger partial charge is 0.330 e. The summed E-state index contributed by atoms with van der Waals surface area (Å²) in [6.07, 6.45) is 2.28. The van der Waals surface area contributed by atoms with Crippen LogP contribution >= 0.6 is 0 Å². The number of hydrogen-bond acceptors (Lipinski definition) is 2. The zero-order valence-corrected chi connectivity index (χ0v) is 7.62. The fourth-order valence-electron chi connectivity index (χ4n) is 0.409. The summed E-state index contributed by atoms with van der Waals surface area (Å²) >= 11 is 0. The summed E-state index contributed by atoms with van der Waals surface area (Å²) < 4.78 is 0. The Morgan fingerprint density at radius 3 is 1.85 bits per heavy atom.